The van der Waals surface area contributed by atoms with Gasteiger partial charge in [0.2, 0.25) is 6.39 Å². The quantitative estimate of drug-likeness (QED) is 0.729. The van der Waals surface area contributed by atoms with Crippen LogP contribution in [0.2, 0.25) is 0 Å². The Morgan fingerprint density at radius 3 is 2.46 bits per heavy atom. The van der Waals surface area contributed by atoms with Crippen molar-refractivity contribution in [2.75, 3.05) is 13.1 Å². The number of rotatable bonds is 3. The van der Waals surface area contributed by atoms with Gasteiger partial charge >= 0.3 is 0 Å². The van der Waals surface area contributed by atoms with E-state index >= 15 is 0 Å². The van der Waals surface area contributed by atoms with E-state index < -0.39 is 0 Å². The molecule has 1 saturated heterocycles. The van der Waals surface area contributed by atoms with Crippen molar-refractivity contribution in [3.8, 4) is 6.07 Å². The van der Waals surface area contributed by atoms with Gasteiger partial charge < -0.3 is 9.42 Å². The number of carbonyl (C=O) groups is 1. The third-order valence-corrected chi connectivity index (χ3v) is 4.81. The second-order valence-corrected chi connectivity index (χ2v) is 6.31. The maximum Gasteiger partial charge on any atom is 0.253 e. The van der Waals surface area contributed by atoms with Gasteiger partial charge in [0.1, 0.15) is 0 Å². The van der Waals surface area contributed by atoms with Crippen LogP contribution in [0.15, 0.2) is 65.5 Å². The zero-order valence-electron chi connectivity index (χ0n) is 13.9. The highest BCUT2D eigenvalue weighted by Gasteiger charge is 2.39. The lowest BCUT2D eigenvalue weighted by molar-refractivity contribution is 0.0789. The van der Waals surface area contributed by atoms with Crippen molar-refractivity contribution in [2.24, 2.45) is 0 Å². The molecule has 1 aliphatic heterocycles. The van der Waals surface area contributed by atoms with Gasteiger partial charge in [0.05, 0.1) is 11.6 Å². The molecule has 26 heavy (non-hydrogen) atoms. The molecule has 2 aromatic carbocycles. The van der Waals surface area contributed by atoms with Gasteiger partial charge in [-0.25, -0.2) is 0 Å². The maximum absolute atomic E-state index is 12.9. The van der Waals surface area contributed by atoms with E-state index in [0.29, 0.717) is 30.0 Å². The first kappa shape index (κ1) is 16.0. The van der Waals surface area contributed by atoms with Gasteiger partial charge in [0, 0.05) is 30.5 Å². The lowest BCUT2D eigenvalue weighted by Crippen LogP contribution is -2.28. The predicted octanol–water partition coefficient (Wildman–Crippen LogP) is 2.96. The maximum atomic E-state index is 12.9. The van der Waals surface area contributed by atoms with Crippen LogP contribution in [-0.2, 0) is 0 Å². The van der Waals surface area contributed by atoms with E-state index in [0.717, 1.165) is 5.56 Å². The third kappa shape index (κ3) is 2.95. The standard InChI is InChI=1S/C20H16N4O2/c21-10-14-6-8-16(9-7-14)20(25)24-11-17(15-4-2-1-3-5-15)18(12-24)19-22-13-26-23-19/h1-9,13,17-18H,11-12H2/t17-,18+/m0/s1. The van der Waals surface area contributed by atoms with Crippen LogP contribution in [0.1, 0.15) is 39.1 Å². The van der Waals surface area contributed by atoms with Crippen LogP contribution in [0, 0.1) is 11.3 Å². The molecule has 0 N–H and O–H groups in total. The summed E-state index contributed by atoms with van der Waals surface area (Å²) >= 11 is 0. The molecule has 0 saturated carbocycles. The summed E-state index contributed by atoms with van der Waals surface area (Å²) in [6.45, 7) is 1.11. The number of likely N-dealkylation sites (tertiary alicyclic amines) is 1. The van der Waals surface area contributed by atoms with Crippen LogP contribution in [-0.4, -0.2) is 34.0 Å². The van der Waals surface area contributed by atoms with Gasteiger partial charge in [-0.2, -0.15) is 10.2 Å². The van der Waals surface area contributed by atoms with E-state index in [-0.39, 0.29) is 17.7 Å². The second kappa shape index (κ2) is 6.81. The molecule has 2 heterocycles. The lowest BCUT2D eigenvalue weighted by Gasteiger charge is -2.16. The second-order valence-electron chi connectivity index (χ2n) is 6.31. The minimum Gasteiger partial charge on any atom is -0.343 e. The summed E-state index contributed by atoms with van der Waals surface area (Å²) in [5.41, 5.74) is 2.26. The van der Waals surface area contributed by atoms with Crippen molar-refractivity contribution < 1.29 is 9.32 Å². The SMILES string of the molecule is N#Cc1ccc(C(=O)N2C[C@@H](c3ccccc3)[C@H](c3ncon3)C2)cc1. The van der Waals surface area contributed by atoms with Gasteiger partial charge in [-0.3, -0.25) is 4.79 Å². The van der Waals surface area contributed by atoms with Crippen LogP contribution in [0.3, 0.4) is 0 Å². The third-order valence-electron chi connectivity index (χ3n) is 4.81. The summed E-state index contributed by atoms with van der Waals surface area (Å²) in [6.07, 6.45) is 1.32. The fourth-order valence-corrected chi connectivity index (χ4v) is 3.48. The summed E-state index contributed by atoms with van der Waals surface area (Å²) in [6, 6.07) is 18.9. The average Bonchev–Trinajstić information content (AvgIpc) is 3.38. The summed E-state index contributed by atoms with van der Waals surface area (Å²) in [7, 11) is 0. The number of amides is 1. The number of benzene rings is 2. The number of nitriles is 1. The average molecular weight is 344 g/mol. The van der Waals surface area contributed by atoms with E-state index in [1.165, 1.54) is 6.39 Å². The zero-order chi connectivity index (χ0) is 17.9. The minimum absolute atomic E-state index is 0.0153. The van der Waals surface area contributed by atoms with Crippen molar-refractivity contribution >= 4 is 5.91 Å². The Morgan fingerprint density at radius 1 is 1.08 bits per heavy atom. The van der Waals surface area contributed by atoms with Crippen molar-refractivity contribution in [2.45, 2.75) is 11.8 Å². The fraction of sp³-hybridized carbons (Fsp3) is 0.200. The first-order chi connectivity index (χ1) is 12.8. The molecule has 128 valence electrons. The monoisotopic (exact) mass is 344 g/mol. The highest BCUT2D eigenvalue weighted by molar-refractivity contribution is 5.94. The zero-order valence-corrected chi connectivity index (χ0v) is 13.9. The van der Waals surface area contributed by atoms with E-state index in [4.69, 9.17) is 9.78 Å². The highest BCUT2D eigenvalue weighted by Crippen LogP contribution is 2.38. The van der Waals surface area contributed by atoms with Gasteiger partial charge in [-0.15, -0.1) is 0 Å². The predicted molar refractivity (Wildman–Crippen MR) is 93.3 cm³/mol. The van der Waals surface area contributed by atoms with E-state index in [2.05, 4.69) is 28.3 Å². The molecule has 1 fully saturated rings. The molecule has 6 heteroatoms. The van der Waals surface area contributed by atoms with Crippen LogP contribution < -0.4 is 0 Å². The molecule has 6 nitrogen and oxygen atoms in total. The van der Waals surface area contributed by atoms with Gasteiger partial charge in [-0.05, 0) is 29.8 Å². The van der Waals surface area contributed by atoms with E-state index in [9.17, 15) is 4.79 Å². The largest absolute Gasteiger partial charge is 0.343 e. The fourth-order valence-electron chi connectivity index (χ4n) is 3.48. The normalized spacial score (nSPS) is 19.3. The van der Waals surface area contributed by atoms with Crippen molar-refractivity contribution in [1.82, 2.24) is 15.0 Å². The van der Waals surface area contributed by atoms with Gasteiger partial charge in [0.15, 0.2) is 5.82 Å². The Bertz CT molecular complexity index is 930. The molecule has 2 atom stereocenters. The van der Waals surface area contributed by atoms with Crippen LogP contribution in [0.25, 0.3) is 0 Å². The highest BCUT2D eigenvalue weighted by atomic mass is 16.5. The van der Waals surface area contributed by atoms with E-state index in [1.807, 2.05) is 23.1 Å². The first-order valence-electron chi connectivity index (χ1n) is 8.37. The molecule has 1 aliphatic rings. The first-order valence-corrected chi connectivity index (χ1v) is 8.37. The van der Waals surface area contributed by atoms with Gasteiger partial charge in [0.25, 0.3) is 5.91 Å². The summed E-state index contributed by atoms with van der Waals surface area (Å²) in [5.74, 6) is 0.657. The molecule has 0 aliphatic carbocycles. The molecular formula is C20H16N4O2. The number of hydrogen-bond acceptors (Lipinski definition) is 5. The van der Waals surface area contributed by atoms with Crippen molar-refractivity contribution in [3.05, 3.63) is 83.5 Å². The Morgan fingerprint density at radius 2 is 1.81 bits per heavy atom. The molecule has 4 rings (SSSR count). The van der Waals surface area contributed by atoms with Crippen LogP contribution in [0.4, 0.5) is 0 Å². The Balaban J connectivity index is 1.62. The number of aromatic nitrogens is 2. The summed E-state index contributed by atoms with van der Waals surface area (Å²) < 4.78 is 4.92. The molecule has 1 amide bonds. The van der Waals surface area contributed by atoms with Crippen molar-refractivity contribution in [1.29, 1.82) is 5.26 Å². The lowest BCUT2D eigenvalue weighted by atomic mass is 9.88. The molecule has 0 spiro atoms. The molecule has 0 unspecified atom stereocenters. The number of nitrogens with zero attached hydrogens (tertiary/aromatic N) is 4. The summed E-state index contributed by atoms with van der Waals surface area (Å²) in [5, 5.41) is 12.9. The number of carbonyl (C=O) groups excluding carboxylic acids is 1. The molecule has 3 aromatic rings. The summed E-state index contributed by atoms with van der Waals surface area (Å²) in [4.78, 5) is 18.9. The Labute approximate surface area is 150 Å². The smallest absolute Gasteiger partial charge is 0.253 e. The molecular weight excluding hydrogens is 328 g/mol. The molecule has 0 radical (unpaired) electrons. The van der Waals surface area contributed by atoms with E-state index in [1.54, 1.807) is 24.3 Å². The van der Waals surface area contributed by atoms with Gasteiger partial charge in [-0.1, -0.05) is 35.5 Å². The van der Waals surface area contributed by atoms with Crippen molar-refractivity contribution in [3.63, 3.8) is 0 Å². The van der Waals surface area contributed by atoms with Crippen LogP contribution in [0.5, 0.6) is 0 Å². The Hall–Kier alpha value is -3.46. The Kier molecular flexibility index (Phi) is 4.20. The minimum atomic E-state index is -0.0542. The number of hydrogen-bond donors (Lipinski definition) is 0. The topological polar surface area (TPSA) is 83.0 Å². The molecule has 1 aromatic heterocycles. The molecule has 0 bridgehead atoms. The van der Waals surface area contributed by atoms with Crippen LogP contribution >= 0.6 is 0 Å².